The van der Waals surface area contributed by atoms with Crippen LogP contribution in [0.4, 0.5) is 0 Å². The van der Waals surface area contributed by atoms with Crippen molar-refractivity contribution in [2.45, 2.75) is 6.42 Å². The monoisotopic (exact) mass is 381 g/mol. The van der Waals surface area contributed by atoms with Gasteiger partial charge in [0, 0.05) is 10.9 Å². The zero-order chi connectivity index (χ0) is 18.1. The second-order valence-corrected chi connectivity index (χ2v) is 7.31. The third-order valence-corrected chi connectivity index (χ3v) is 5.84. The van der Waals surface area contributed by atoms with Crippen molar-refractivity contribution in [1.29, 1.82) is 5.26 Å². The Balaban J connectivity index is 1.99. The van der Waals surface area contributed by atoms with Gasteiger partial charge in [-0.2, -0.15) is 5.26 Å². The van der Waals surface area contributed by atoms with E-state index in [-0.39, 0.29) is 6.42 Å². The lowest BCUT2D eigenvalue weighted by atomic mass is 10.1. The molecule has 3 aromatic heterocycles. The lowest BCUT2D eigenvalue weighted by Crippen LogP contribution is -1.97. The first-order valence-electron chi connectivity index (χ1n) is 7.89. The van der Waals surface area contributed by atoms with Gasteiger partial charge in [-0.1, -0.05) is 6.07 Å². The fourth-order valence-electron chi connectivity index (χ4n) is 2.97. The highest BCUT2D eigenvalue weighted by molar-refractivity contribution is 7.15. The third-order valence-electron chi connectivity index (χ3n) is 4.14. The van der Waals surface area contributed by atoms with Gasteiger partial charge in [0.2, 0.25) is 0 Å². The Bertz CT molecular complexity index is 1100. The van der Waals surface area contributed by atoms with Crippen LogP contribution in [0.25, 0.3) is 26.8 Å². The fraction of sp³-hybridized carbons (Fsp3) is 0.158. The number of hydrogen-bond acceptors (Lipinski definition) is 6. The van der Waals surface area contributed by atoms with Crippen LogP contribution in [0, 0.1) is 11.3 Å². The molecule has 0 spiro atoms. The van der Waals surface area contributed by atoms with Crippen LogP contribution in [0.1, 0.15) is 5.69 Å². The minimum absolute atomic E-state index is 0.282. The van der Waals surface area contributed by atoms with E-state index in [1.807, 2.05) is 41.1 Å². The number of imidazole rings is 1. The van der Waals surface area contributed by atoms with Gasteiger partial charge in [0.1, 0.15) is 17.2 Å². The molecule has 130 valence electrons. The maximum Gasteiger partial charge on any atom is 0.195 e. The Morgan fingerprint density at radius 3 is 2.77 bits per heavy atom. The van der Waals surface area contributed by atoms with E-state index in [1.165, 1.54) is 0 Å². The highest BCUT2D eigenvalue weighted by atomic mass is 32.1. The van der Waals surface area contributed by atoms with Crippen molar-refractivity contribution in [2.24, 2.45) is 0 Å². The van der Waals surface area contributed by atoms with Crippen LogP contribution in [0.15, 0.2) is 41.1 Å². The number of hydrogen-bond donors (Lipinski definition) is 0. The smallest absolute Gasteiger partial charge is 0.195 e. The molecule has 0 saturated heterocycles. The Hall–Kier alpha value is -2.82. The van der Waals surface area contributed by atoms with Gasteiger partial charge in [0.05, 0.1) is 43.0 Å². The molecule has 3 heterocycles. The molecule has 0 N–H and O–H groups in total. The number of methoxy groups -OCH3 is 2. The third kappa shape index (κ3) is 2.64. The number of thiophene rings is 1. The lowest BCUT2D eigenvalue weighted by Gasteiger charge is -2.11. The summed E-state index contributed by atoms with van der Waals surface area (Å²) in [6.45, 7) is 0. The predicted octanol–water partition coefficient (Wildman–Crippen LogP) is 4.87. The maximum atomic E-state index is 9.37. The van der Waals surface area contributed by atoms with Gasteiger partial charge in [0.15, 0.2) is 4.96 Å². The van der Waals surface area contributed by atoms with Crippen LogP contribution in [0.3, 0.4) is 0 Å². The molecule has 0 fully saturated rings. The molecule has 0 bridgehead atoms. The molecule has 26 heavy (non-hydrogen) atoms. The van der Waals surface area contributed by atoms with E-state index in [9.17, 15) is 5.26 Å². The summed E-state index contributed by atoms with van der Waals surface area (Å²) in [5.41, 5.74) is 3.62. The molecule has 4 aromatic rings. The average Bonchev–Trinajstić information content (AvgIpc) is 3.39. The first kappa shape index (κ1) is 16.6. The summed E-state index contributed by atoms with van der Waals surface area (Å²) in [6.07, 6.45) is 0.282. The molecule has 5 nitrogen and oxygen atoms in total. The molecule has 1 aromatic carbocycles. The minimum atomic E-state index is 0.282. The van der Waals surface area contributed by atoms with Crippen LogP contribution in [0.5, 0.6) is 11.5 Å². The average molecular weight is 381 g/mol. The Kier molecular flexibility index (Phi) is 4.37. The second-order valence-electron chi connectivity index (χ2n) is 5.52. The van der Waals surface area contributed by atoms with Crippen molar-refractivity contribution in [3.8, 4) is 39.4 Å². The van der Waals surface area contributed by atoms with Crippen molar-refractivity contribution in [2.75, 3.05) is 14.2 Å². The van der Waals surface area contributed by atoms with Crippen LogP contribution in [0.2, 0.25) is 0 Å². The van der Waals surface area contributed by atoms with E-state index >= 15 is 0 Å². The highest BCUT2D eigenvalue weighted by Gasteiger charge is 2.21. The molecule has 7 heteroatoms. The van der Waals surface area contributed by atoms with Crippen molar-refractivity contribution < 1.29 is 9.47 Å². The second kappa shape index (κ2) is 6.83. The maximum absolute atomic E-state index is 9.37. The summed E-state index contributed by atoms with van der Waals surface area (Å²) >= 11 is 3.18. The zero-order valence-electron chi connectivity index (χ0n) is 14.2. The lowest BCUT2D eigenvalue weighted by molar-refractivity contribution is 0.404. The van der Waals surface area contributed by atoms with Gasteiger partial charge in [-0.25, -0.2) is 4.98 Å². The Morgan fingerprint density at radius 2 is 2.08 bits per heavy atom. The van der Waals surface area contributed by atoms with Gasteiger partial charge in [-0.15, -0.1) is 22.7 Å². The molecular weight excluding hydrogens is 366 g/mol. The molecule has 4 rings (SSSR count). The molecule has 0 unspecified atom stereocenters. The van der Waals surface area contributed by atoms with Gasteiger partial charge in [-0.3, -0.25) is 4.40 Å². The first-order valence-corrected chi connectivity index (χ1v) is 9.64. The van der Waals surface area contributed by atoms with Crippen molar-refractivity contribution >= 4 is 27.6 Å². The van der Waals surface area contributed by atoms with E-state index in [4.69, 9.17) is 14.5 Å². The molecule has 0 radical (unpaired) electrons. The minimum Gasteiger partial charge on any atom is -0.497 e. The summed E-state index contributed by atoms with van der Waals surface area (Å²) in [4.78, 5) is 6.71. The van der Waals surface area contributed by atoms with Crippen LogP contribution in [-0.2, 0) is 6.42 Å². The van der Waals surface area contributed by atoms with E-state index < -0.39 is 0 Å². The number of nitriles is 1. The van der Waals surface area contributed by atoms with Gasteiger partial charge >= 0.3 is 0 Å². The van der Waals surface area contributed by atoms with Gasteiger partial charge in [0.25, 0.3) is 0 Å². The van der Waals surface area contributed by atoms with E-state index in [1.54, 1.807) is 36.9 Å². The number of thiazole rings is 1. The molecule has 0 aliphatic carbocycles. The number of aromatic nitrogens is 2. The number of benzene rings is 1. The largest absolute Gasteiger partial charge is 0.497 e. The number of rotatable bonds is 5. The molecular formula is C19H15N3O2S2. The Labute approximate surface area is 158 Å². The standard InChI is InChI=1S/C19H15N3O2S2/c1-23-12-5-6-16(24-2)13(10-12)15-11-26-19-21-18(17-4-3-9-25-17)14(7-8-20)22(15)19/h3-6,9-11H,7H2,1-2H3. The highest BCUT2D eigenvalue weighted by Crippen LogP contribution is 2.39. The summed E-state index contributed by atoms with van der Waals surface area (Å²) in [7, 11) is 3.29. The summed E-state index contributed by atoms with van der Waals surface area (Å²) < 4.78 is 13.0. The van der Waals surface area contributed by atoms with Crippen molar-refractivity contribution in [1.82, 2.24) is 9.38 Å². The number of nitrogens with zero attached hydrogens (tertiary/aromatic N) is 3. The molecule has 0 saturated carbocycles. The van der Waals surface area contributed by atoms with Crippen LogP contribution in [-0.4, -0.2) is 23.6 Å². The van der Waals surface area contributed by atoms with E-state index in [0.29, 0.717) is 0 Å². The topological polar surface area (TPSA) is 59.5 Å². The fourth-order valence-corrected chi connectivity index (χ4v) is 4.61. The molecule has 0 aliphatic heterocycles. The summed E-state index contributed by atoms with van der Waals surface area (Å²) in [6, 6.07) is 12.0. The van der Waals surface area contributed by atoms with Crippen LogP contribution >= 0.6 is 22.7 Å². The zero-order valence-corrected chi connectivity index (χ0v) is 15.9. The summed E-state index contributed by atoms with van der Waals surface area (Å²) in [5.74, 6) is 1.50. The van der Waals surface area contributed by atoms with Gasteiger partial charge in [-0.05, 0) is 29.6 Å². The van der Waals surface area contributed by atoms with E-state index in [2.05, 4.69) is 10.5 Å². The summed E-state index contributed by atoms with van der Waals surface area (Å²) in [5, 5.41) is 13.4. The van der Waals surface area contributed by atoms with E-state index in [0.717, 1.165) is 44.0 Å². The molecule has 0 amide bonds. The van der Waals surface area contributed by atoms with Crippen molar-refractivity contribution in [3.05, 3.63) is 46.8 Å². The van der Waals surface area contributed by atoms with Gasteiger partial charge < -0.3 is 9.47 Å². The SMILES string of the molecule is COc1ccc(OC)c(-c2csc3nc(-c4cccs4)c(CC#N)n23)c1. The molecule has 0 atom stereocenters. The van der Waals surface area contributed by atoms with Crippen molar-refractivity contribution in [3.63, 3.8) is 0 Å². The predicted molar refractivity (Wildman–Crippen MR) is 104 cm³/mol. The quantitative estimate of drug-likeness (QED) is 0.495. The first-order chi connectivity index (χ1) is 12.8. The number of fused-ring (bicyclic) bond motifs is 1. The molecule has 0 aliphatic rings. The van der Waals surface area contributed by atoms with Crippen LogP contribution < -0.4 is 9.47 Å². The Morgan fingerprint density at radius 1 is 1.19 bits per heavy atom. The normalized spacial score (nSPS) is 10.8. The number of ether oxygens (including phenoxy) is 2.